The Balaban J connectivity index is 1.51. The van der Waals surface area contributed by atoms with E-state index in [0.717, 1.165) is 11.1 Å². The van der Waals surface area contributed by atoms with Crippen LogP contribution in [0.25, 0.3) is 0 Å². The van der Waals surface area contributed by atoms with Crippen LogP contribution in [-0.4, -0.2) is 53.7 Å². The molecule has 3 aliphatic rings. The van der Waals surface area contributed by atoms with Crippen molar-refractivity contribution in [3.63, 3.8) is 0 Å². The van der Waals surface area contributed by atoms with E-state index in [4.69, 9.17) is 29.2 Å². The molecule has 38 heavy (non-hydrogen) atoms. The standard InChI is InChI=1S/C29H31N3O6/c1-26(2,3)38-25(34)12-24-32-29(17-36-24)20-10-18(11-22(33)21-8-6-19(13-30)14-31-21)7-9-23(20)37-27(4,5)28(29)15-35-16-28/h6-10,14H,11-12,15-17H2,1-5H3. The summed E-state index contributed by atoms with van der Waals surface area (Å²) in [6, 6.07) is 10.8. The van der Waals surface area contributed by atoms with Gasteiger partial charge in [0.2, 0.25) is 0 Å². The number of carbonyl (C=O) groups is 2. The first kappa shape index (κ1) is 25.9. The summed E-state index contributed by atoms with van der Waals surface area (Å²) in [5.41, 5.74) is -0.367. The Morgan fingerprint density at radius 3 is 2.47 bits per heavy atom. The number of carbonyl (C=O) groups excluding carboxylic acids is 2. The predicted molar refractivity (Wildman–Crippen MR) is 137 cm³/mol. The monoisotopic (exact) mass is 517 g/mol. The highest BCUT2D eigenvalue weighted by Crippen LogP contribution is 2.62. The summed E-state index contributed by atoms with van der Waals surface area (Å²) >= 11 is 0. The van der Waals surface area contributed by atoms with Crippen molar-refractivity contribution in [3.05, 3.63) is 58.9 Å². The summed E-state index contributed by atoms with van der Waals surface area (Å²) in [5.74, 6) is 0.399. The minimum absolute atomic E-state index is 0.0743. The van der Waals surface area contributed by atoms with Crippen LogP contribution >= 0.6 is 0 Å². The van der Waals surface area contributed by atoms with Crippen LogP contribution in [0.4, 0.5) is 0 Å². The van der Waals surface area contributed by atoms with Gasteiger partial charge in [-0.3, -0.25) is 14.6 Å². The van der Waals surface area contributed by atoms with E-state index in [1.807, 2.05) is 58.9 Å². The summed E-state index contributed by atoms with van der Waals surface area (Å²) < 4.78 is 23.8. The van der Waals surface area contributed by atoms with Gasteiger partial charge in [-0.1, -0.05) is 6.07 Å². The van der Waals surface area contributed by atoms with Crippen molar-refractivity contribution in [3.8, 4) is 11.8 Å². The smallest absolute Gasteiger partial charge is 0.315 e. The quantitative estimate of drug-likeness (QED) is 0.432. The van der Waals surface area contributed by atoms with Crippen LogP contribution in [0.15, 0.2) is 41.5 Å². The molecule has 2 spiro atoms. The molecule has 198 valence electrons. The highest BCUT2D eigenvalue weighted by molar-refractivity contribution is 5.96. The molecule has 1 fully saturated rings. The number of esters is 1. The number of aromatic nitrogens is 1. The Morgan fingerprint density at radius 2 is 1.87 bits per heavy atom. The fourth-order valence-corrected chi connectivity index (χ4v) is 5.46. The second-order valence-electron chi connectivity index (χ2n) is 11.6. The lowest BCUT2D eigenvalue weighted by Crippen LogP contribution is -2.71. The zero-order valence-electron chi connectivity index (χ0n) is 22.3. The number of nitriles is 1. The van der Waals surface area contributed by atoms with Crippen molar-refractivity contribution >= 4 is 17.7 Å². The minimum atomic E-state index is -0.856. The maximum absolute atomic E-state index is 13.0. The van der Waals surface area contributed by atoms with Gasteiger partial charge in [-0.05, 0) is 64.4 Å². The van der Waals surface area contributed by atoms with Crippen molar-refractivity contribution in [2.45, 2.75) is 64.2 Å². The summed E-state index contributed by atoms with van der Waals surface area (Å²) in [4.78, 5) is 34.7. The van der Waals surface area contributed by atoms with Gasteiger partial charge in [-0.2, -0.15) is 5.26 Å². The highest BCUT2D eigenvalue weighted by atomic mass is 16.6. The molecule has 3 aliphatic heterocycles. The van der Waals surface area contributed by atoms with Crippen LogP contribution in [0, 0.1) is 16.7 Å². The van der Waals surface area contributed by atoms with Gasteiger partial charge in [0, 0.05) is 18.2 Å². The normalized spacial score (nSPS) is 22.4. The molecule has 9 nitrogen and oxygen atoms in total. The van der Waals surface area contributed by atoms with Crippen molar-refractivity contribution in [1.29, 1.82) is 5.26 Å². The summed E-state index contributed by atoms with van der Waals surface area (Å²) in [6.45, 7) is 10.6. The summed E-state index contributed by atoms with van der Waals surface area (Å²) in [6.07, 6.45) is 1.43. The molecule has 0 N–H and O–H groups in total. The summed E-state index contributed by atoms with van der Waals surface area (Å²) in [7, 11) is 0. The SMILES string of the molecule is CC(C)(C)OC(=O)CC1=NC2(CO1)c1cc(CC(=O)c3ccc(C#N)cn3)ccc1OC(C)(C)C21COC1. The van der Waals surface area contributed by atoms with Crippen LogP contribution in [-0.2, 0) is 31.0 Å². The molecule has 1 atom stereocenters. The molecule has 1 unspecified atom stereocenters. The van der Waals surface area contributed by atoms with E-state index in [1.54, 1.807) is 12.1 Å². The largest absolute Gasteiger partial charge is 0.487 e. The van der Waals surface area contributed by atoms with Gasteiger partial charge in [0.05, 0.1) is 24.2 Å². The highest BCUT2D eigenvalue weighted by Gasteiger charge is 2.71. The van der Waals surface area contributed by atoms with Crippen LogP contribution in [0.1, 0.15) is 68.2 Å². The number of aliphatic imine (C=N–C) groups is 1. The minimum Gasteiger partial charge on any atom is -0.487 e. The van der Waals surface area contributed by atoms with E-state index in [9.17, 15) is 9.59 Å². The maximum atomic E-state index is 13.0. The molecule has 1 saturated heterocycles. The average Bonchev–Trinajstić information content (AvgIpc) is 3.20. The van der Waals surface area contributed by atoms with Gasteiger partial charge >= 0.3 is 5.97 Å². The molecule has 0 aliphatic carbocycles. The van der Waals surface area contributed by atoms with E-state index in [1.165, 1.54) is 6.20 Å². The van der Waals surface area contributed by atoms with Crippen molar-refractivity contribution in [2.75, 3.05) is 19.8 Å². The number of ketones is 1. The lowest BCUT2D eigenvalue weighted by molar-refractivity contribution is -0.247. The number of ether oxygens (including phenoxy) is 4. The molecule has 9 heteroatoms. The summed E-state index contributed by atoms with van der Waals surface area (Å²) in [5, 5.41) is 8.99. The van der Waals surface area contributed by atoms with E-state index in [0.29, 0.717) is 36.1 Å². The predicted octanol–water partition coefficient (Wildman–Crippen LogP) is 3.92. The first-order valence-electron chi connectivity index (χ1n) is 12.6. The lowest BCUT2D eigenvalue weighted by Gasteiger charge is -2.61. The van der Waals surface area contributed by atoms with E-state index in [-0.39, 0.29) is 25.2 Å². The number of Topliss-reactive ketones (excluding diaryl/α,β-unsaturated/α-hetero) is 1. The second kappa shape index (κ2) is 8.91. The van der Waals surface area contributed by atoms with Gasteiger partial charge in [-0.15, -0.1) is 0 Å². The molecule has 0 bridgehead atoms. The number of hydrogen-bond donors (Lipinski definition) is 0. The van der Waals surface area contributed by atoms with Crippen LogP contribution in [0.3, 0.4) is 0 Å². The molecule has 0 amide bonds. The Labute approximate surface area is 221 Å². The van der Waals surface area contributed by atoms with Gasteiger partial charge in [0.15, 0.2) is 11.7 Å². The molecule has 2 aromatic rings. The fraction of sp³-hybridized carbons (Fsp3) is 0.483. The van der Waals surface area contributed by atoms with E-state index in [2.05, 4.69) is 4.98 Å². The number of nitrogens with zero attached hydrogens (tertiary/aromatic N) is 3. The topological polar surface area (TPSA) is 120 Å². The third kappa shape index (κ3) is 4.23. The molecular formula is C29H31N3O6. The van der Waals surface area contributed by atoms with Crippen molar-refractivity contribution < 1.29 is 28.5 Å². The second-order valence-corrected chi connectivity index (χ2v) is 11.6. The van der Waals surface area contributed by atoms with Crippen molar-refractivity contribution in [1.82, 2.24) is 4.98 Å². The number of fused-ring (bicyclic) bond motifs is 3. The molecule has 1 aromatic heterocycles. The third-order valence-electron chi connectivity index (χ3n) is 7.52. The first-order valence-corrected chi connectivity index (χ1v) is 12.6. The van der Waals surface area contributed by atoms with Crippen LogP contribution < -0.4 is 4.74 Å². The number of rotatable bonds is 5. The van der Waals surface area contributed by atoms with Gasteiger partial charge in [0.25, 0.3) is 0 Å². The molecule has 0 radical (unpaired) electrons. The number of benzene rings is 1. The van der Waals surface area contributed by atoms with Crippen LogP contribution in [0.5, 0.6) is 5.75 Å². The number of pyridine rings is 1. The first-order chi connectivity index (χ1) is 17.9. The van der Waals surface area contributed by atoms with Gasteiger partial charge < -0.3 is 18.9 Å². The number of hydrogen-bond acceptors (Lipinski definition) is 9. The van der Waals surface area contributed by atoms with E-state index < -0.39 is 28.1 Å². The van der Waals surface area contributed by atoms with E-state index >= 15 is 0 Å². The molecular weight excluding hydrogens is 486 g/mol. The zero-order chi connectivity index (χ0) is 27.3. The fourth-order valence-electron chi connectivity index (χ4n) is 5.46. The average molecular weight is 518 g/mol. The van der Waals surface area contributed by atoms with Crippen molar-refractivity contribution in [2.24, 2.45) is 10.4 Å². The van der Waals surface area contributed by atoms with Gasteiger partial charge in [-0.25, -0.2) is 4.99 Å². The molecule has 4 heterocycles. The molecule has 1 aromatic carbocycles. The molecule has 0 saturated carbocycles. The Bertz CT molecular complexity index is 1360. The third-order valence-corrected chi connectivity index (χ3v) is 7.52. The van der Waals surface area contributed by atoms with Crippen LogP contribution in [0.2, 0.25) is 0 Å². The lowest BCUT2D eigenvalue weighted by atomic mass is 9.55. The van der Waals surface area contributed by atoms with Gasteiger partial charge in [0.1, 0.15) is 47.3 Å². The Hall–Kier alpha value is -3.77. The zero-order valence-corrected chi connectivity index (χ0v) is 22.3. The Morgan fingerprint density at radius 1 is 1.11 bits per heavy atom. The maximum Gasteiger partial charge on any atom is 0.315 e. The Kier molecular flexibility index (Phi) is 6.07. The molecule has 5 rings (SSSR count).